The summed E-state index contributed by atoms with van der Waals surface area (Å²) in [7, 11) is 0. The maximum absolute atomic E-state index is 12.3. The second-order valence-corrected chi connectivity index (χ2v) is 7.98. The van der Waals surface area contributed by atoms with Gasteiger partial charge in [-0.25, -0.2) is 9.98 Å². The molecule has 2 heterocycles. The third kappa shape index (κ3) is 3.95. The summed E-state index contributed by atoms with van der Waals surface area (Å²) in [4.78, 5) is 19.5. The molecule has 0 bridgehead atoms. The first-order chi connectivity index (χ1) is 12.5. The molecule has 0 atom stereocenters. The summed E-state index contributed by atoms with van der Waals surface area (Å²) in [5, 5.41) is 17.0. The number of aliphatic imine (C=N–C) groups is 1. The topological polar surface area (TPSA) is 95.3 Å². The summed E-state index contributed by atoms with van der Waals surface area (Å²) in [6.07, 6.45) is 0.651. The number of hydrogen-bond donors (Lipinski definition) is 0. The SMILES string of the molecule is CC(C)[n+]1noc(/N=C(\[O-])c2ccccc2)c1Sc1nc(Cl)c(C=O)s1. The number of rotatable bonds is 6. The van der Waals surface area contributed by atoms with Crippen LogP contribution in [0.15, 0.2) is 49.2 Å². The quantitative estimate of drug-likeness (QED) is 0.269. The zero-order valence-corrected chi connectivity index (χ0v) is 16.1. The summed E-state index contributed by atoms with van der Waals surface area (Å²) < 4.78 is 7.38. The molecule has 26 heavy (non-hydrogen) atoms. The monoisotopic (exact) mass is 408 g/mol. The van der Waals surface area contributed by atoms with E-state index in [9.17, 15) is 9.90 Å². The van der Waals surface area contributed by atoms with Gasteiger partial charge < -0.3 is 5.11 Å². The predicted molar refractivity (Wildman–Crippen MR) is 96.4 cm³/mol. The Balaban J connectivity index is 2.00. The van der Waals surface area contributed by atoms with Gasteiger partial charge in [0.05, 0.1) is 0 Å². The number of hydrogen-bond acceptors (Lipinski definition) is 8. The normalized spacial score (nSPS) is 11.9. The predicted octanol–water partition coefficient (Wildman–Crippen LogP) is 3.06. The van der Waals surface area contributed by atoms with E-state index in [-0.39, 0.29) is 17.1 Å². The minimum absolute atomic E-state index is 0.0296. The Morgan fingerprint density at radius 3 is 2.77 bits per heavy atom. The summed E-state index contributed by atoms with van der Waals surface area (Å²) >= 11 is 8.26. The molecule has 134 valence electrons. The van der Waals surface area contributed by atoms with Gasteiger partial charge in [0, 0.05) is 25.6 Å². The summed E-state index contributed by atoms with van der Waals surface area (Å²) in [6, 6.07) is 8.64. The van der Waals surface area contributed by atoms with Crippen LogP contribution in [-0.4, -0.2) is 22.4 Å². The maximum atomic E-state index is 12.3. The van der Waals surface area contributed by atoms with E-state index in [1.165, 1.54) is 11.8 Å². The Kier molecular flexibility index (Phi) is 5.70. The van der Waals surface area contributed by atoms with E-state index < -0.39 is 5.90 Å². The van der Waals surface area contributed by atoms with Crippen molar-refractivity contribution in [3.8, 4) is 0 Å². The molecular formula is C16H13ClN4O3S2. The van der Waals surface area contributed by atoms with Crippen molar-refractivity contribution in [3.05, 3.63) is 45.9 Å². The van der Waals surface area contributed by atoms with Gasteiger partial charge in [-0.1, -0.05) is 41.9 Å². The van der Waals surface area contributed by atoms with Crippen molar-refractivity contribution in [2.75, 3.05) is 0 Å². The number of aromatic nitrogens is 3. The molecule has 7 nitrogen and oxygen atoms in total. The van der Waals surface area contributed by atoms with Gasteiger partial charge >= 0.3 is 10.9 Å². The summed E-state index contributed by atoms with van der Waals surface area (Å²) in [5.41, 5.74) is 0.441. The van der Waals surface area contributed by atoms with Gasteiger partial charge in [-0.3, -0.25) is 9.32 Å². The van der Waals surface area contributed by atoms with Gasteiger partial charge in [-0.2, -0.15) is 0 Å². The Bertz CT molecular complexity index is 954. The zero-order chi connectivity index (χ0) is 18.7. The van der Waals surface area contributed by atoms with E-state index in [0.29, 0.717) is 26.1 Å². The largest absolute Gasteiger partial charge is 0.858 e. The van der Waals surface area contributed by atoms with E-state index in [1.807, 2.05) is 19.9 Å². The lowest BCUT2D eigenvalue weighted by molar-refractivity contribution is -0.809. The first kappa shape index (κ1) is 18.6. The van der Waals surface area contributed by atoms with E-state index >= 15 is 0 Å². The van der Waals surface area contributed by atoms with Crippen LogP contribution in [0.5, 0.6) is 0 Å². The smallest absolute Gasteiger partial charge is 0.341 e. The average molecular weight is 409 g/mol. The molecule has 0 radical (unpaired) electrons. The molecule has 2 aromatic heterocycles. The molecule has 3 rings (SSSR count). The third-order valence-corrected chi connectivity index (χ3v) is 5.70. The van der Waals surface area contributed by atoms with Crippen molar-refractivity contribution in [1.82, 2.24) is 10.3 Å². The Morgan fingerprint density at radius 2 is 2.15 bits per heavy atom. The lowest BCUT2D eigenvalue weighted by Gasteiger charge is -2.08. The molecule has 0 saturated heterocycles. The molecule has 3 aromatic rings. The van der Waals surface area contributed by atoms with E-state index in [2.05, 4.69) is 15.2 Å². The number of aldehydes is 1. The molecule has 0 aliphatic heterocycles. The van der Waals surface area contributed by atoms with Crippen molar-refractivity contribution in [3.63, 3.8) is 0 Å². The number of carbonyl (C=O) groups is 1. The molecule has 10 heteroatoms. The zero-order valence-electron chi connectivity index (χ0n) is 13.7. The first-order valence-electron chi connectivity index (χ1n) is 7.51. The van der Waals surface area contributed by atoms with Gasteiger partial charge in [0.2, 0.25) is 5.27 Å². The van der Waals surface area contributed by atoms with Crippen LogP contribution in [-0.2, 0) is 0 Å². The van der Waals surface area contributed by atoms with Gasteiger partial charge in [-0.15, -0.1) is 11.3 Å². The van der Waals surface area contributed by atoms with Gasteiger partial charge in [0.25, 0.3) is 0 Å². The van der Waals surface area contributed by atoms with Crippen LogP contribution in [0.25, 0.3) is 0 Å². The van der Waals surface area contributed by atoms with Crippen molar-refractivity contribution in [2.24, 2.45) is 4.99 Å². The number of carbonyl (C=O) groups excluding carboxylic acids is 1. The molecule has 0 aliphatic carbocycles. The minimum Gasteiger partial charge on any atom is -0.858 e. The first-order valence-corrected chi connectivity index (χ1v) is 9.52. The Hall–Kier alpha value is -2.23. The van der Waals surface area contributed by atoms with Crippen LogP contribution in [0.4, 0.5) is 5.88 Å². The van der Waals surface area contributed by atoms with Gasteiger partial charge in [0.1, 0.15) is 4.88 Å². The Morgan fingerprint density at radius 1 is 1.42 bits per heavy atom. The molecule has 0 saturated carbocycles. The number of thiazole rings is 1. The minimum atomic E-state index is -0.440. The molecule has 0 unspecified atom stereocenters. The molecule has 0 spiro atoms. The lowest BCUT2D eigenvalue weighted by Crippen LogP contribution is -2.39. The second-order valence-electron chi connectivity index (χ2n) is 5.36. The van der Waals surface area contributed by atoms with Crippen LogP contribution in [0.3, 0.4) is 0 Å². The van der Waals surface area contributed by atoms with Crippen LogP contribution < -0.4 is 9.79 Å². The van der Waals surface area contributed by atoms with E-state index in [1.54, 1.807) is 28.9 Å². The summed E-state index contributed by atoms with van der Waals surface area (Å²) in [5.74, 6) is -0.359. The average Bonchev–Trinajstić information content (AvgIpc) is 3.19. The molecular weight excluding hydrogens is 396 g/mol. The lowest BCUT2D eigenvalue weighted by atomic mass is 10.2. The highest BCUT2D eigenvalue weighted by Crippen LogP contribution is 2.37. The van der Waals surface area contributed by atoms with E-state index in [0.717, 1.165) is 11.3 Å². The van der Waals surface area contributed by atoms with Gasteiger partial charge in [0.15, 0.2) is 21.8 Å². The molecule has 1 aromatic carbocycles. The highest BCUT2D eigenvalue weighted by molar-refractivity contribution is 8.01. The number of nitrogens with zero attached hydrogens (tertiary/aromatic N) is 4. The van der Waals surface area contributed by atoms with E-state index in [4.69, 9.17) is 16.1 Å². The molecule has 0 amide bonds. The fraction of sp³-hybridized carbons (Fsp3) is 0.188. The number of halogens is 1. The van der Waals surface area contributed by atoms with Crippen molar-refractivity contribution >= 4 is 52.8 Å². The second kappa shape index (κ2) is 7.98. The fourth-order valence-electron chi connectivity index (χ4n) is 1.97. The highest BCUT2D eigenvalue weighted by Gasteiger charge is 2.30. The third-order valence-electron chi connectivity index (χ3n) is 3.20. The summed E-state index contributed by atoms with van der Waals surface area (Å²) in [6.45, 7) is 3.84. The molecule has 0 N–H and O–H groups in total. The number of benzene rings is 1. The van der Waals surface area contributed by atoms with Crippen LogP contribution in [0, 0.1) is 0 Å². The standard InChI is InChI=1S/C16H13ClN4O3S2/c1-9(2)21-15(26-16-18-12(17)11(8-22)25-16)14(24-20-21)19-13(23)10-6-4-3-5-7-10/h3-9H,1-2H3. The highest BCUT2D eigenvalue weighted by atomic mass is 35.5. The van der Waals surface area contributed by atoms with Crippen molar-refractivity contribution in [2.45, 2.75) is 29.3 Å². The maximum Gasteiger partial charge on any atom is 0.341 e. The van der Waals surface area contributed by atoms with Crippen molar-refractivity contribution < 1.29 is 19.1 Å². The fourth-order valence-corrected chi connectivity index (χ4v) is 4.31. The molecule has 0 aliphatic rings. The molecule has 0 fully saturated rings. The van der Waals surface area contributed by atoms with Crippen LogP contribution >= 0.6 is 34.7 Å². The van der Waals surface area contributed by atoms with Crippen LogP contribution in [0.1, 0.15) is 35.1 Å². The van der Waals surface area contributed by atoms with Gasteiger partial charge in [-0.05, 0) is 16.1 Å². The van der Waals surface area contributed by atoms with Crippen LogP contribution in [0.2, 0.25) is 5.15 Å². The van der Waals surface area contributed by atoms with Crippen molar-refractivity contribution in [1.29, 1.82) is 0 Å². The Labute approximate surface area is 162 Å².